The Labute approximate surface area is 128 Å². The number of hydrogen-bond acceptors (Lipinski definition) is 3. The first-order chi connectivity index (χ1) is 10.4. The second-order valence-corrected chi connectivity index (χ2v) is 7.12. The Morgan fingerprint density at radius 2 is 1.95 bits per heavy atom. The van der Waals surface area contributed by atoms with Crippen LogP contribution < -0.4 is 10.0 Å². The predicted octanol–water partition coefficient (Wildman–Crippen LogP) is 1.12. The van der Waals surface area contributed by atoms with E-state index in [2.05, 4.69) is 10.0 Å². The van der Waals surface area contributed by atoms with Gasteiger partial charge >= 0.3 is 0 Å². The van der Waals surface area contributed by atoms with E-state index < -0.39 is 33.5 Å². The molecule has 0 saturated heterocycles. The molecule has 1 saturated carbocycles. The number of hydrogen-bond donors (Lipinski definition) is 2. The normalized spacial score (nSPS) is 20.7. The lowest BCUT2D eigenvalue weighted by atomic mass is 10.1. The summed E-state index contributed by atoms with van der Waals surface area (Å²) in [6.07, 6.45) is 0.365. The highest BCUT2D eigenvalue weighted by molar-refractivity contribution is 7.89. The molecule has 1 aromatic rings. The van der Waals surface area contributed by atoms with Crippen LogP contribution in [0.3, 0.4) is 0 Å². The van der Waals surface area contributed by atoms with Crippen LogP contribution in [-0.2, 0) is 14.8 Å². The third-order valence-electron chi connectivity index (χ3n) is 3.53. The quantitative estimate of drug-likeness (QED) is 0.786. The summed E-state index contributed by atoms with van der Waals surface area (Å²) >= 11 is 0. The number of sulfonamides is 1. The molecule has 0 unspecified atom stereocenters. The molecule has 1 fully saturated rings. The SMILES string of the molecule is CCNS(=O)(=O)CCNC(=O)[C@H]1C[C@H]1c1c(F)cccc1F. The van der Waals surface area contributed by atoms with E-state index in [0.29, 0.717) is 6.42 Å². The summed E-state index contributed by atoms with van der Waals surface area (Å²) in [6.45, 7) is 1.92. The van der Waals surface area contributed by atoms with Gasteiger partial charge in [0.15, 0.2) is 0 Å². The summed E-state index contributed by atoms with van der Waals surface area (Å²) in [5.41, 5.74) is -0.0667. The van der Waals surface area contributed by atoms with Crippen LogP contribution in [0.1, 0.15) is 24.8 Å². The molecule has 0 heterocycles. The van der Waals surface area contributed by atoms with E-state index in [1.54, 1.807) is 6.92 Å². The van der Waals surface area contributed by atoms with Crippen molar-refractivity contribution in [3.63, 3.8) is 0 Å². The average Bonchev–Trinajstić information content (AvgIpc) is 3.18. The number of carbonyl (C=O) groups excluding carboxylic acids is 1. The molecule has 1 aromatic carbocycles. The first-order valence-electron chi connectivity index (χ1n) is 7.04. The van der Waals surface area contributed by atoms with Crippen molar-refractivity contribution in [2.45, 2.75) is 19.3 Å². The highest BCUT2D eigenvalue weighted by atomic mass is 32.2. The van der Waals surface area contributed by atoms with Crippen LogP contribution in [0.25, 0.3) is 0 Å². The van der Waals surface area contributed by atoms with E-state index in [0.717, 1.165) is 12.1 Å². The molecule has 1 aliphatic carbocycles. The van der Waals surface area contributed by atoms with Gasteiger partial charge in [0.25, 0.3) is 0 Å². The Morgan fingerprint density at radius 1 is 1.32 bits per heavy atom. The fourth-order valence-corrected chi connectivity index (χ4v) is 3.36. The van der Waals surface area contributed by atoms with Crippen molar-refractivity contribution in [2.24, 2.45) is 5.92 Å². The fraction of sp³-hybridized carbons (Fsp3) is 0.500. The number of halogens is 2. The van der Waals surface area contributed by atoms with Gasteiger partial charge in [-0.2, -0.15) is 0 Å². The van der Waals surface area contributed by atoms with Crippen molar-refractivity contribution in [2.75, 3.05) is 18.8 Å². The van der Waals surface area contributed by atoms with Crippen molar-refractivity contribution in [1.29, 1.82) is 0 Å². The number of carbonyl (C=O) groups is 1. The third kappa shape index (κ3) is 4.01. The summed E-state index contributed by atoms with van der Waals surface area (Å²) in [7, 11) is -3.40. The van der Waals surface area contributed by atoms with Gasteiger partial charge < -0.3 is 5.32 Å². The van der Waals surface area contributed by atoms with Gasteiger partial charge in [-0.25, -0.2) is 21.9 Å². The molecule has 1 aliphatic rings. The Bertz CT molecular complexity index is 644. The summed E-state index contributed by atoms with van der Waals surface area (Å²) in [6, 6.07) is 3.60. The highest BCUT2D eigenvalue weighted by Crippen LogP contribution is 2.49. The Morgan fingerprint density at radius 3 is 2.55 bits per heavy atom. The van der Waals surface area contributed by atoms with E-state index in [9.17, 15) is 22.0 Å². The van der Waals surface area contributed by atoms with Crippen LogP contribution in [0.4, 0.5) is 8.78 Å². The molecule has 0 bridgehead atoms. The molecular formula is C14H18F2N2O3S. The van der Waals surface area contributed by atoms with Gasteiger partial charge in [0.2, 0.25) is 15.9 Å². The Kier molecular flexibility index (Phi) is 5.12. The third-order valence-corrected chi connectivity index (χ3v) is 5.00. The van der Waals surface area contributed by atoms with Gasteiger partial charge in [-0.15, -0.1) is 0 Å². The molecule has 2 N–H and O–H groups in total. The van der Waals surface area contributed by atoms with E-state index >= 15 is 0 Å². The van der Waals surface area contributed by atoms with E-state index in [1.165, 1.54) is 6.07 Å². The van der Waals surface area contributed by atoms with Crippen LogP contribution in [0, 0.1) is 17.6 Å². The van der Waals surface area contributed by atoms with Gasteiger partial charge in [0, 0.05) is 30.5 Å². The smallest absolute Gasteiger partial charge is 0.223 e. The maximum absolute atomic E-state index is 13.6. The van der Waals surface area contributed by atoms with Crippen LogP contribution in [0.5, 0.6) is 0 Å². The molecule has 22 heavy (non-hydrogen) atoms. The standard InChI is InChI=1S/C14H18F2N2O3S/c1-2-18-22(20,21)7-6-17-14(19)10-8-9(10)13-11(15)4-3-5-12(13)16/h3-5,9-10,18H,2,6-8H2,1H3,(H,17,19)/t9-,10+/m1/s1. The molecule has 1 amide bonds. The van der Waals surface area contributed by atoms with Gasteiger partial charge in [-0.1, -0.05) is 13.0 Å². The molecule has 0 aromatic heterocycles. The number of benzene rings is 1. The van der Waals surface area contributed by atoms with Crippen molar-refractivity contribution >= 4 is 15.9 Å². The number of nitrogens with one attached hydrogen (secondary N) is 2. The van der Waals surface area contributed by atoms with E-state index in [4.69, 9.17) is 0 Å². The van der Waals surface area contributed by atoms with Crippen LogP contribution in [0.2, 0.25) is 0 Å². The van der Waals surface area contributed by atoms with Crippen LogP contribution in [-0.4, -0.2) is 33.2 Å². The second kappa shape index (κ2) is 6.70. The minimum atomic E-state index is -3.40. The average molecular weight is 332 g/mol. The molecule has 2 atom stereocenters. The van der Waals surface area contributed by atoms with Gasteiger partial charge in [0.05, 0.1) is 5.75 Å². The molecule has 122 valence electrons. The maximum Gasteiger partial charge on any atom is 0.223 e. The predicted molar refractivity (Wildman–Crippen MR) is 77.7 cm³/mol. The summed E-state index contributed by atoms with van der Waals surface area (Å²) < 4.78 is 52.4. The maximum atomic E-state index is 13.6. The minimum Gasteiger partial charge on any atom is -0.355 e. The first kappa shape index (κ1) is 16.8. The lowest BCUT2D eigenvalue weighted by Crippen LogP contribution is -2.35. The van der Waals surface area contributed by atoms with Gasteiger partial charge in [-0.3, -0.25) is 4.79 Å². The fourth-order valence-electron chi connectivity index (χ4n) is 2.40. The lowest BCUT2D eigenvalue weighted by molar-refractivity contribution is -0.122. The van der Waals surface area contributed by atoms with Crippen molar-refractivity contribution in [3.8, 4) is 0 Å². The monoisotopic (exact) mass is 332 g/mol. The zero-order valence-corrected chi connectivity index (χ0v) is 12.9. The minimum absolute atomic E-state index is 0.0306. The lowest BCUT2D eigenvalue weighted by Gasteiger charge is -2.07. The molecule has 2 rings (SSSR count). The molecule has 0 spiro atoms. The zero-order valence-electron chi connectivity index (χ0n) is 12.1. The summed E-state index contributed by atoms with van der Waals surface area (Å²) in [4.78, 5) is 11.9. The molecule has 0 aliphatic heterocycles. The zero-order chi connectivity index (χ0) is 16.3. The number of rotatable bonds is 7. The van der Waals surface area contributed by atoms with Gasteiger partial charge in [-0.05, 0) is 18.6 Å². The summed E-state index contributed by atoms with van der Waals surface area (Å²) in [5.74, 6) is -2.90. The van der Waals surface area contributed by atoms with E-state index in [1.807, 2.05) is 0 Å². The topological polar surface area (TPSA) is 75.3 Å². The van der Waals surface area contributed by atoms with Crippen molar-refractivity contribution in [1.82, 2.24) is 10.0 Å². The van der Waals surface area contributed by atoms with Crippen LogP contribution >= 0.6 is 0 Å². The first-order valence-corrected chi connectivity index (χ1v) is 8.70. The number of amides is 1. The van der Waals surface area contributed by atoms with Crippen LogP contribution in [0.15, 0.2) is 18.2 Å². The largest absolute Gasteiger partial charge is 0.355 e. The molecule has 8 heteroatoms. The van der Waals surface area contributed by atoms with Crippen molar-refractivity contribution in [3.05, 3.63) is 35.4 Å². The molecule has 5 nitrogen and oxygen atoms in total. The van der Waals surface area contributed by atoms with E-state index in [-0.39, 0.29) is 30.3 Å². The highest BCUT2D eigenvalue weighted by Gasteiger charge is 2.46. The second-order valence-electron chi connectivity index (χ2n) is 5.19. The Balaban J connectivity index is 1.87. The van der Waals surface area contributed by atoms with Gasteiger partial charge in [0.1, 0.15) is 11.6 Å². The summed E-state index contributed by atoms with van der Waals surface area (Å²) in [5, 5.41) is 2.49. The molecular weight excluding hydrogens is 314 g/mol. The van der Waals surface area contributed by atoms with Crippen molar-refractivity contribution < 1.29 is 22.0 Å². The Hall–Kier alpha value is -1.54. The molecule has 0 radical (unpaired) electrons.